The molecule has 0 fully saturated rings. The van der Waals surface area contributed by atoms with Gasteiger partial charge in [-0.25, -0.2) is 8.42 Å². The highest BCUT2D eigenvalue weighted by Gasteiger charge is 2.27. The minimum absolute atomic E-state index is 0.473. The maximum Gasteiger partial charge on any atom is 0.252 e. The minimum Gasteiger partial charge on any atom is -0.312 e. The lowest BCUT2D eigenvalue weighted by atomic mass is 10.1. The average molecular weight is 329 g/mol. The van der Waals surface area contributed by atoms with Crippen LogP contribution < -0.4 is 5.32 Å². The molecule has 1 aromatic rings. The fourth-order valence-electron chi connectivity index (χ4n) is 2.27. The lowest BCUT2D eigenvalue weighted by molar-refractivity contribution is 0.433. The molecule has 0 saturated heterocycles. The number of rotatable bonds is 6. The van der Waals surface area contributed by atoms with E-state index in [0.29, 0.717) is 17.3 Å². The Morgan fingerprint density at radius 1 is 1.38 bits per heavy atom. The fraction of sp³-hybridized carbons (Fsp3) is 0.600. The van der Waals surface area contributed by atoms with E-state index in [1.54, 1.807) is 4.31 Å². The molecule has 0 radical (unpaired) electrons. The van der Waals surface area contributed by atoms with Crippen LogP contribution >= 0.6 is 11.3 Å². The van der Waals surface area contributed by atoms with Gasteiger partial charge in [0.25, 0.3) is 10.0 Å². The van der Waals surface area contributed by atoms with Gasteiger partial charge in [-0.3, -0.25) is 0 Å². The summed E-state index contributed by atoms with van der Waals surface area (Å²) in [5, 5.41) is 3.33. The van der Waals surface area contributed by atoms with Gasteiger partial charge in [-0.05, 0) is 44.9 Å². The van der Waals surface area contributed by atoms with E-state index in [1.165, 1.54) is 16.9 Å². The van der Waals surface area contributed by atoms with Gasteiger partial charge in [-0.15, -0.1) is 11.3 Å². The van der Waals surface area contributed by atoms with Crippen LogP contribution in [0.25, 0.3) is 0 Å². The Morgan fingerprint density at radius 3 is 2.76 bits per heavy atom. The van der Waals surface area contributed by atoms with Crippen molar-refractivity contribution in [2.24, 2.45) is 0 Å². The Labute approximate surface area is 131 Å². The van der Waals surface area contributed by atoms with Crippen molar-refractivity contribution in [1.29, 1.82) is 0 Å². The highest BCUT2D eigenvalue weighted by atomic mass is 32.2. The van der Waals surface area contributed by atoms with Gasteiger partial charge in [0.1, 0.15) is 4.21 Å². The number of thiophene rings is 1. The molecule has 1 aliphatic rings. The van der Waals surface area contributed by atoms with Gasteiger partial charge in [0.2, 0.25) is 0 Å². The van der Waals surface area contributed by atoms with Crippen molar-refractivity contribution in [2.45, 2.75) is 44.4 Å². The monoisotopic (exact) mass is 328 g/mol. The van der Waals surface area contributed by atoms with Crippen molar-refractivity contribution in [3.05, 3.63) is 28.2 Å². The SMILES string of the molecule is CCCNCc1sc(S(=O)(=O)N2CC=C(C)CC2)cc1C. The van der Waals surface area contributed by atoms with E-state index < -0.39 is 10.0 Å². The molecule has 0 spiro atoms. The summed E-state index contributed by atoms with van der Waals surface area (Å²) in [4.78, 5) is 1.12. The highest BCUT2D eigenvalue weighted by molar-refractivity contribution is 7.91. The van der Waals surface area contributed by atoms with Crippen molar-refractivity contribution in [3.63, 3.8) is 0 Å². The normalized spacial score (nSPS) is 17.0. The second-order valence-electron chi connectivity index (χ2n) is 5.51. The molecule has 1 aromatic heterocycles. The summed E-state index contributed by atoms with van der Waals surface area (Å²) in [7, 11) is -3.34. The van der Waals surface area contributed by atoms with E-state index in [-0.39, 0.29) is 0 Å². The van der Waals surface area contributed by atoms with Crippen LogP contribution in [0.3, 0.4) is 0 Å². The molecule has 1 N–H and O–H groups in total. The number of hydrogen-bond acceptors (Lipinski definition) is 4. The topological polar surface area (TPSA) is 49.4 Å². The second-order valence-corrected chi connectivity index (χ2v) is 8.81. The zero-order valence-electron chi connectivity index (χ0n) is 13.0. The first kappa shape index (κ1) is 16.7. The molecule has 0 atom stereocenters. The first-order valence-electron chi connectivity index (χ1n) is 7.41. The standard InChI is InChI=1S/C15H24N2O2S2/c1-4-7-16-11-14-13(3)10-15(20-14)21(18,19)17-8-5-12(2)6-9-17/h5,10,16H,4,6-9,11H2,1-3H3. The predicted molar refractivity (Wildman–Crippen MR) is 88.2 cm³/mol. The quantitative estimate of drug-likeness (QED) is 0.645. The first-order chi connectivity index (χ1) is 9.95. The van der Waals surface area contributed by atoms with Crippen LogP contribution in [-0.2, 0) is 16.6 Å². The molecule has 0 aliphatic carbocycles. The van der Waals surface area contributed by atoms with Gasteiger partial charge in [0.15, 0.2) is 0 Å². The van der Waals surface area contributed by atoms with E-state index in [1.807, 2.05) is 19.1 Å². The molecule has 21 heavy (non-hydrogen) atoms. The third kappa shape index (κ3) is 3.94. The molecule has 1 aliphatic heterocycles. The van der Waals surface area contributed by atoms with Crippen molar-refractivity contribution >= 4 is 21.4 Å². The third-order valence-corrected chi connectivity index (χ3v) is 7.25. The molecule has 4 nitrogen and oxygen atoms in total. The number of nitrogens with one attached hydrogen (secondary N) is 1. The number of sulfonamides is 1. The fourth-order valence-corrected chi connectivity index (χ4v) is 5.36. The van der Waals surface area contributed by atoms with E-state index in [9.17, 15) is 8.42 Å². The lowest BCUT2D eigenvalue weighted by Crippen LogP contribution is -2.34. The van der Waals surface area contributed by atoms with E-state index in [4.69, 9.17) is 0 Å². The molecule has 118 valence electrons. The van der Waals surface area contributed by atoms with E-state index in [2.05, 4.69) is 19.2 Å². The van der Waals surface area contributed by atoms with Crippen LogP contribution in [0.15, 0.2) is 21.9 Å². The van der Waals surface area contributed by atoms with Gasteiger partial charge < -0.3 is 5.32 Å². The van der Waals surface area contributed by atoms with Crippen LogP contribution in [0.2, 0.25) is 0 Å². The first-order valence-corrected chi connectivity index (χ1v) is 9.66. The van der Waals surface area contributed by atoms with Gasteiger partial charge >= 0.3 is 0 Å². The minimum atomic E-state index is -3.34. The molecule has 0 amide bonds. The Bertz CT molecular complexity index is 618. The predicted octanol–water partition coefficient (Wildman–Crippen LogP) is 2.90. The zero-order chi connectivity index (χ0) is 15.5. The third-order valence-electron chi connectivity index (χ3n) is 3.70. The molecule has 2 rings (SSSR count). The highest BCUT2D eigenvalue weighted by Crippen LogP contribution is 2.29. The van der Waals surface area contributed by atoms with Crippen molar-refractivity contribution in [3.8, 4) is 0 Å². The molecular formula is C15H24N2O2S2. The summed E-state index contributed by atoms with van der Waals surface area (Å²) in [6, 6.07) is 1.81. The van der Waals surface area contributed by atoms with Crippen molar-refractivity contribution < 1.29 is 8.42 Å². The van der Waals surface area contributed by atoms with Gasteiger partial charge in [0, 0.05) is 24.5 Å². The van der Waals surface area contributed by atoms with Crippen LogP contribution in [0.5, 0.6) is 0 Å². The zero-order valence-corrected chi connectivity index (χ0v) is 14.6. The van der Waals surface area contributed by atoms with Gasteiger partial charge in [-0.1, -0.05) is 18.6 Å². The molecule has 6 heteroatoms. The summed E-state index contributed by atoms with van der Waals surface area (Å²) in [5.41, 5.74) is 2.33. The summed E-state index contributed by atoms with van der Waals surface area (Å²) >= 11 is 1.40. The molecule has 2 heterocycles. The van der Waals surface area contributed by atoms with Crippen LogP contribution in [-0.4, -0.2) is 32.4 Å². The van der Waals surface area contributed by atoms with Gasteiger partial charge in [0.05, 0.1) is 0 Å². The molecular weight excluding hydrogens is 304 g/mol. The summed E-state index contributed by atoms with van der Waals surface area (Å²) in [6.07, 6.45) is 3.91. The molecule has 0 bridgehead atoms. The number of nitrogens with zero attached hydrogens (tertiary/aromatic N) is 1. The maximum absolute atomic E-state index is 12.7. The Morgan fingerprint density at radius 2 is 2.14 bits per heavy atom. The molecule has 0 saturated carbocycles. The smallest absolute Gasteiger partial charge is 0.252 e. The van der Waals surface area contributed by atoms with Crippen molar-refractivity contribution in [2.75, 3.05) is 19.6 Å². The van der Waals surface area contributed by atoms with Crippen LogP contribution in [0.1, 0.15) is 37.1 Å². The summed E-state index contributed by atoms with van der Waals surface area (Å²) in [6.45, 7) is 8.94. The Kier molecular flexibility index (Phi) is 5.60. The Balaban J connectivity index is 2.15. The molecule has 0 unspecified atom stereocenters. The van der Waals surface area contributed by atoms with E-state index >= 15 is 0 Å². The summed E-state index contributed by atoms with van der Waals surface area (Å²) < 4.78 is 27.4. The van der Waals surface area contributed by atoms with E-state index in [0.717, 1.165) is 36.4 Å². The summed E-state index contributed by atoms with van der Waals surface area (Å²) in [5.74, 6) is 0. The average Bonchev–Trinajstić information content (AvgIpc) is 2.82. The lowest BCUT2D eigenvalue weighted by Gasteiger charge is -2.23. The Hall–Kier alpha value is -0.690. The van der Waals surface area contributed by atoms with Crippen LogP contribution in [0.4, 0.5) is 0 Å². The number of aryl methyl sites for hydroxylation is 1. The van der Waals surface area contributed by atoms with Crippen molar-refractivity contribution in [1.82, 2.24) is 9.62 Å². The number of hydrogen-bond donors (Lipinski definition) is 1. The van der Waals surface area contributed by atoms with Crippen LogP contribution in [0, 0.1) is 6.92 Å². The maximum atomic E-state index is 12.7. The largest absolute Gasteiger partial charge is 0.312 e. The van der Waals surface area contributed by atoms with Gasteiger partial charge in [-0.2, -0.15) is 4.31 Å². The second kappa shape index (κ2) is 7.05. The molecule has 0 aromatic carbocycles.